The lowest BCUT2D eigenvalue weighted by Gasteiger charge is -2.09. The molecule has 0 fully saturated rings. The van der Waals surface area contributed by atoms with E-state index in [0.717, 1.165) is 11.8 Å². The molecule has 0 aliphatic heterocycles. The van der Waals surface area contributed by atoms with Crippen molar-refractivity contribution in [2.24, 2.45) is 0 Å². The fraction of sp³-hybridized carbons (Fsp3) is 0.188. The van der Waals surface area contributed by atoms with Gasteiger partial charge in [-0.2, -0.15) is 0 Å². The van der Waals surface area contributed by atoms with Gasteiger partial charge in [0.15, 0.2) is 0 Å². The van der Waals surface area contributed by atoms with Crippen LogP contribution in [-0.4, -0.2) is 29.6 Å². The molecule has 2 amide bonds. The molecule has 1 atom stereocenters. The first-order valence-electron chi connectivity index (χ1n) is 6.92. The molecule has 0 radical (unpaired) electrons. The van der Waals surface area contributed by atoms with Gasteiger partial charge in [0.2, 0.25) is 0 Å². The Bertz CT molecular complexity index is 695. The molecule has 122 valence electrons. The number of halogens is 1. The van der Waals surface area contributed by atoms with Gasteiger partial charge in [0.05, 0.1) is 22.2 Å². The van der Waals surface area contributed by atoms with E-state index in [2.05, 4.69) is 10.6 Å². The highest BCUT2D eigenvalue weighted by atomic mass is 32.2. The molecule has 0 unspecified atom stereocenters. The standard InChI is InChI=1S/C16H17FN2O3S/c1-23(21)15-8-7-12(11-14(15)17)19-16(20)18-9-10-22-13-5-3-2-4-6-13/h2-8,11H,9-10H2,1H3,(H2,18,19,20)/t23-/m1/s1. The number of urea groups is 1. The summed E-state index contributed by atoms with van der Waals surface area (Å²) in [6.45, 7) is 0.625. The molecule has 2 aromatic rings. The number of para-hydroxylation sites is 1. The van der Waals surface area contributed by atoms with Crippen LogP contribution in [0, 0.1) is 5.82 Å². The number of nitrogens with one attached hydrogen (secondary N) is 2. The van der Waals surface area contributed by atoms with Crippen LogP contribution in [0.25, 0.3) is 0 Å². The Morgan fingerprint density at radius 2 is 1.96 bits per heavy atom. The van der Waals surface area contributed by atoms with E-state index in [-0.39, 0.29) is 10.6 Å². The van der Waals surface area contributed by atoms with Gasteiger partial charge in [0, 0.05) is 11.9 Å². The summed E-state index contributed by atoms with van der Waals surface area (Å²) in [4.78, 5) is 11.8. The van der Waals surface area contributed by atoms with Crippen molar-refractivity contribution in [1.82, 2.24) is 5.32 Å². The molecule has 2 rings (SSSR count). The van der Waals surface area contributed by atoms with Crippen LogP contribution < -0.4 is 15.4 Å². The van der Waals surface area contributed by atoms with Crippen molar-refractivity contribution in [2.45, 2.75) is 4.90 Å². The van der Waals surface area contributed by atoms with E-state index >= 15 is 0 Å². The SMILES string of the molecule is C[S@@](=O)c1ccc(NC(=O)NCCOc2ccccc2)cc1F. The Labute approximate surface area is 136 Å². The summed E-state index contributed by atoms with van der Waals surface area (Å²) in [5, 5.41) is 5.10. The summed E-state index contributed by atoms with van der Waals surface area (Å²) >= 11 is 0. The molecular formula is C16H17FN2O3S. The van der Waals surface area contributed by atoms with Crippen LogP contribution >= 0.6 is 0 Å². The number of ether oxygens (including phenoxy) is 1. The average molecular weight is 336 g/mol. The summed E-state index contributed by atoms with van der Waals surface area (Å²) < 4.78 is 30.3. The molecule has 0 spiro atoms. The van der Waals surface area contributed by atoms with E-state index in [0.29, 0.717) is 13.2 Å². The van der Waals surface area contributed by atoms with Crippen LogP contribution in [0.3, 0.4) is 0 Å². The van der Waals surface area contributed by atoms with E-state index in [1.165, 1.54) is 18.4 Å². The van der Waals surface area contributed by atoms with Crippen LogP contribution in [0.1, 0.15) is 0 Å². The minimum absolute atomic E-state index is 0.104. The lowest BCUT2D eigenvalue weighted by molar-refractivity contribution is 0.247. The molecule has 0 aliphatic carbocycles. The quantitative estimate of drug-likeness (QED) is 0.797. The minimum Gasteiger partial charge on any atom is -0.492 e. The highest BCUT2D eigenvalue weighted by Crippen LogP contribution is 2.16. The number of hydrogen-bond acceptors (Lipinski definition) is 3. The third kappa shape index (κ3) is 5.37. The minimum atomic E-state index is -1.41. The first-order valence-corrected chi connectivity index (χ1v) is 8.48. The summed E-state index contributed by atoms with van der Waals surface area (Å²) in [6.07, 6.45) is 1.39. The fourth-order valence-corrected chi connectivity index (χ4v) is 2.43. The number of amides is 2. The predicted octanol–water partition coefficient (Wildman–Crippen LogP) is 2.76. The van der Waals surface area contributed by atoms with Crippen LogP contribution in [0.4, 0.5) is 14.9 Å². The van der Waals surface area contributed by atoms with Crippen molar-refractivity contribution in [3.63, 3.8) is 0 Å². The van der Waals surface area contributed by atoms with E-state index in [1.807, 2.05) is 30.3 Å². The van der Waals surface area contributed by atoms with Gasteiger partial charge in [-0.05, 0) is 30.3 Å². The normalized spacial score (nSPS) is 11.6. The van der Waals surface area contributed by atoms with Gasteiger partial charge in [-0.25, -0.2) is 9.18 Å². The van der Waals surface area contributed by atoms with Crippen LogP contribution in [-0.2, 0) is 10.8 Å². The van der Waals surface area contributed by atoms with E-state index in [9.17, 15) is 13.4 Å². The average Bonchev–Trinajstić information content (AvgIpc) is 2.52. The molecule has 0 aliphatic rings. The maximum absolute atomic E-state index is 13.7. The van der Waals surface area contributed by atoms with Crippen molar-refractivity contribution in [3.8, 4) is 5.75 Å². The van der Waals surface area contributed by atoms with Gasteiger partial charge in [0.1, 0.15) is 18.2 Å². The summed E-state index contributed by atoms with van der Waals surface area (Å²) in [5.74, 6) is 0.107. The maximum atomic E-state index is 13.7. The van der Waals surface area contributed by atoms with Crippen molar-refractivity contribution < 1.29 is 18.1 Å². The second-order valence-corrected chi connectivity index (χ2v) is 5.99. The Morgan fingerprint density at radius 1 is 1.22 bits per heavy atom. The molecule has 2 aromatic carbocycles. The number of anilines is 1. The van der Waals surface area contributed by atoms with Crippen molar-refractivity contribution in [1.29, 1.82) is 0 Å². The van der Waals surface area contributed by atoms with Crippen LogP contribution in [0.5, 0.6) is 5.75 Å². The van der Waals surface area contributed by atoms with Gasteiger partial charge in [-0.3, -0.25) is 4.21 Å². The third-order valence-electron chi connectivity index (χ3n) is 2.90. The highest BCUT2D eigenvalue weighted by molar-refractivity contribution is 7.84. The lowest BCUT2D eigenvalue weighted by atomic mass is 10.3. The van der Waals surface area contributed by atoms with Gasteiger partial charge < -0.3 is 15.4 Å². The maximum Gasteiger partial charge on any atom is 0.319 e. The van der Waals surface area contributed by atoms with Gasteiger partial charge in [-0.1, -0.05) is 18.2 Å². The number of rotatable bonds is 6. The molecule has 0 aromatic heterocycles. The first-order chi connectivity index (χ1) is 11.1. The Kier molecular flexibility index (Phi) is 6.10. The lowest BCUT2D eigenvalue weighted by Crippen LogP contribution is -2.32. The van der Waals surface area contributed by atoms with Gasteiger partial charge >= 0.3 is 6.03 Å². The number of benzene rings is 2. The highest BCUT2D eigenvalue weighted by Gasteiger charge is 2.08. The number of carbonyl (C=O) groups is 1. The molecule has 23 heavy (non-hydrogen) atoms. The van der Waals surface area contributed by atoms with Gasteiger partial charge in [0.25, 0.3) is 0 Å². The van der Waals surface area contributed by atoms with Crippen LogP contribution in [0.15, 0.2) is 53.4 Å². The second-order valence-electron chi connectivity index (χ2n) is 4.64. The van der Waals surface area contributed by atoms with Gasteiger partial charge in [-0.15, -0.1) is 0 Å². The topological polar surface area (TPSA) is 67.4 Å². The number of hydrogen-bond donors (Lipinski definition) is 2. The zero-order valence-corrected chi connectivity index (χ0v) is 13.4. The van der Waals surface area contributed by atoms with Crippen molar-refractivity contribution >= 4 is 22.5 Å². The monoisotopic (exact) mass is 336 g/mol. The first kappa shape index (κ1) is 17.0. The fourth-order valence-electron chi connectivity index (χ4n) is 1.84. The number of carbonyl (C=O) groups excluding carboxylic acids is 1. The molecule has 7 heteroatoms. The molecule has 0 saturated heterocycles. The summed E-state index contributed by atoms with van der Waals surface area (Å²) in [6, 6.07) is 12.8. The van der Waals surface area contributed by atoms with Crippen LogP contribution in [0.2, 0.25) is 0 Å². The predicted molar refractivity (Wildman–Crippen MR) is 87.7 cm³/mol. The zero-order chi connectivity index (χ0) is 16.7. The summed E-state index contributed by atoms with van der Waals surface area (Å²) in [5.41, 5.74) is 0.290. The molecular weight excluding hydrogens is 319 g/mol. The molecule has 2 N–H and O–H groups in total. The van der Waals surface area contributed by atoms with Crippen molar-refractivity contribution in [2.75, 3.05) is 24.7 Å². The van der Waals surface area contributed by atoms with E-state index in [4.69, 9.17) is 4.74 Å². The Morgan fingerprint density at radius 3 is 2.61 bits per heavy atom. The molecule has 5 nitrogen and oxygen atoms in total. The second kappa shape index (κ2) is 8.28. The Balaban J connectivity index is 1.76. The smallest absolute Gasteiger partial charge is 0.319 e. The Hall–Kier alpha value is -2.41. The van der Waals surface area contributed by atoms with E-state index in [1.54, 1.807) is 0 Å². The largest absolute Gasteiger partial charge is 0.492 e. The summed E-state index contributed by atoms with van der Waals surface area (Å²) in [7, 11) is -1.41. The molecule has 0 saturated carbocycles. The molecule has 0 heterocycles. The third-order valence-corrected chi connectivity index (χ3v) is 3.85. The van der Waals surface area contributed by atoms with E-state index < -0.39 is 22.6 Å². The van der Waals surface area contributed by atoms with Crippen molar-refractivity contribution in [3.05, 3.63) is 54.3 Å². The zero-order valence-electron chi connectivity index (χ0n) is 12.5. The molecule has 0 bridgehead atoms.